The molecule has 1 amide bonds. The van der Waals surface area contributed by atoms with Crippen molar-refractivity contribution >= 4 is 11.9 Å². The Hall–Kier alpha value is -1.88. The van der Waals surface area contributed by atoms with E-state index in [1.165, 1.54) is 0 Å². The maximum atomic E-state index is 12.7. The van der Waals surface area contributed by atoms with E-state index < -0.39 is 11.6 Å². The van der Waals surface area contributed by atoms with E-state index in [4.69, 9.17) is 9.84 Å². The zero-order chi connectivity index (χ0) is 17.0. The number of carbonyl (C=O) groups is 2. The number of carboxylic acids is 1. The van der Waals surface area contributed by atoms with Gasteiger partial charge in [0.2, 0.25) is 0 Å². The van der Waals surface area contributed by atoms with Crippen LogP contribution in [0.2, 0.25) is 0 Å². The molecule has 2 rings (SSSR count). The second-order valence-electron chi connectivity index (χ2n) is 6.46. The average molecular weight is 319 g/mol. The van der Waals surface area contributed by atoms with Gasteiger partial charge in [-0.3, -0.25) is 4.79 Å². The number of piperidine rings is 1. The normalized spacial score (nSPS) is 18.7. The number of nitrogens with zero attached hydrogens (tertiary/aromatic N) is 1. The molecule has 5 nitrogen and oxygen atoms in total. The van der Waals surface area contributed by atoms with Gasteiger partial charge in [0.05, 0.1) is 5.56 Å². The Labute approximate surface area is 137 Å². The van der Waals surface area contributed by atoms with Gasteiger partial charge in [-0.25, -0.2) is 4.79 Å². The van der Waals surface area contributed by atoms with E-state index in [1.807, 2.05) is 37.8 Å². The monoisotopic (exact) mass is 319 g/mol. The van der Waals surface area contributed by atoms with Gasteiger partial charge in [-0.15, -0.1) is 0 Å². The predicted octanol–water partition coefficient (Wildman–Crippen LogP) is 2.91. The van der Waals surface area contributed by atoms with Crippen LogP contribution in [0.15, 0.2) is 24.3 Å². The molecule has 126 valence electrons. The maximum Gasteiger partial charge on any atom is 0.335 e. The molecule has 0 unspecified atom stereocenters. The van der Waals surface area contributed by atoms with Crippen LogP contribution in [0, 0.1) is 0 Å². The standard InChI is InChI=1S/C18H25NO4/c1-4-23-18(2,3)17(22)19-11-5-6-15(12-19)13-7-9-14(10-8-13)16(20)21/h7-10,15H,4-6,11-12H2,1-3H3,(H,20,21)/t15-/m0/s1. The average Bonchev–Trinajstić information content (AvgIpc) is 2.54. The van der Waals surface area contributed by atoms with Crippen LogP contribution in [0.4, 0.5) is 0 Å². The van der Waals surface area contributed by atoms with Crippen LogP contribution in [0.5, 0.6) is 0 Å². The lowest BCUT2D eigenvalue weighted by Crippen LogP contribution is -2.50. The summed E-state index contributed by atoms with van der Waals surface area (Å²) >= 11 is 0. The van der Waals surface area contributed by atoms with Crippen LogP contribution >= 0.6 is 0 Å². The molecule has 0 bridgehead atoms. The molecular formula is C18H25NO4. The summed E-state index contributed by atoms with van der Waals surface area (Å²) in [6, 6.07) is 6.97. The van der Waals surface area contributed by atoms with Gasteiger partial charge in [0.15, 0.2) is 0 Å². The fraction of sp³-hybridized carbons (Fsp3) is 0.556. The van der Waals surface area contributed by atoms with Gasteiger partial charge >= 0.3 is 5.97 Å². The number of benzene rings is 1. The quantitative estimate of drug-likeness (QED) is 0.906. The topological polar surface area (TPSA) is 66.8 Å². The van der Waals surface area contributed by atoms with Crippen molar-refractivity contribution < 1.29 is 19.4 Å². The summed E-state index contributed by atoms with van der Waals surface area (Å²) in [5.41, 5.74) is 0.570. The van der Waals surface area contributed by atoms with E-state index in [1.54, 1.807) is 12.1 Å². The zero-order valence-corrected chi connectivity index (χ0v) is 14.0. The second-order valence-corrected chi connectivity index (χ2v) is 6.46. The fourth-order valence-electron chi connectivity index (χ4n) is 3.13. The highest BCUT2D eigenvalue weighted by Crippen LogP contribution is 2.29. The van der Waals surface area contributed by atoms with E-state index in [0.717, 1.165) is 24.9 Å². The maximum absolute atomic E-state index is 12.7. The Morgan fingerprint density at radius 2 is 1.96 bits per heavy atom. The number of hydrogen-bond acceptors (Lipinski definition) is 3. The van der Waals surface area contributed by atoms with Crippen molar-refractivity contribution in [3.63, 3.8) is 0 Å². The van der Waals surface area contributed by atoms with Gasteiger partial charge in [-0.2, -0.15) is 0 Å². The molecule has 1 aromatic rings. The molecule has 0 spiro atoms. The van der Waals surface area contributed by atoms with Crippen molar-refractivity contribution in [2.24, 2.45) is 0 Å². The summed E-state index contributed by atoms with van der Waals surface area (Å²) in [5.74, 6) is -0.658. The second kappa shape index (κ2) is 7.13. The van der Waals surface area contributed by atoms with Crippen LogP contribution < -0.4 is 0 Å². The lowest BCUT2D eigenvalue weighted by atomic mass is 9.89. The molecule has 1 atom stereocenters. The Kier molecular flexibility index (Phi) is 5.42. The number of carboxylic acid groups (broad SMARTS) is 1. The smallest absolute Gasteiger partial charge is 0.335 e. The summed E-state index contributed by atoms with van der Waals surface area (Å²) in [5, 5.41) is 8.97. The highest BCUT2D eigenvalue weighted by Gasteiger charge is 2.35. The van der Waals surface area contributed by atoms with E-state index in [2.05, 4.69) is 0 Å². The first-order valence-electron chi connectivity index (χ1n) is 8.11. The Morgan fingerprint density at radius 1 is 1.30 bits per heavy atom. The van der Waals surface area contributed by atoms with Crippen molar-refractivity contribution in [3.05, 3.63) is 35.4 Å². The Morgan fingerprint density at radius 3 is 2.52 bits per heavy atom. The van der Waals surface area contributed by atoms with Crippen molar-refractivity contribution in [1.29, 1.82) is 0 Å². The van der Waals surface area contributed by atoms with Crippen LogP contribution in [-0.2, 0) is 9.53 Å². The number of ether oxygens (including phenoxy) is 1. The van der Waals surface area contributed by atoms with Crippen molar-refractivity contribution in [3.8, 4) is 0 Å². The summed E-state index contributed by atoms with van der Waals surface area (Å²) in [4.78, 5) is 25.5. The highest BCUT2D eigenvalue weighted by atomic mass is 16.5. The fourth-order valence-corrected chi connectivity index (χ4v) is 3.13. The number of hydrogen-bond donors (Lipinski definition) is 1. The molecule has 23 heavy (non-hydrogen) atoms. The number of carbonyl (C=O) groups excluding carboxylic acids is 1. The Balaban J connectivity index is 2.08. The van der Waals surface area contributed by atoms with E-state index in [9.17, 15) is 9.59 Å². The molecule has 0 radical (unpaired) electrons. The number of rotatable bonds is 5. The lowest BCUT2D eigenvalue weighted by Gasteiger charge is -2.37. The minimum Gasteiger partial charge on any atom is -0.478 e. The van der Waals surface area contributed by atoms with E-state index in [-0.39, 0.29) is 17.4 Å². The van der Waals surface area contributed by atoms with Crippen molar-refractivity contribution in [2.75, 3.05) is 19.7 Å². The third-order valence-electron chi connectivity index (χ3n) is 4.36. The third kappa shape index (κ3) is 4.10. The molecule has 1 fully saturated rings. The number of likely N-dealkylation sites (tertiary alicyclic amines) is 1. The molecule has 0 aliphatic carbocycles. The molecule has 5 heteroatoms. The van der Waals surface area contributed by atoms with E-state index >= 15 is 0 Å². The zero-order valence-electron chi connectivity index (χ0n) is 14.0. The minimum absolute atomic E-state index is 0.0196. The van der Waals surface area contributed by atoms with Crippen molar-refractivity contribution in [2.45, 2.75) is 45.1 Å². The summed E-state index contributed by atoms with van der Waals surface area (Å²) in [6.07, 6.45) is 1.95. The molecule has 1 aliphatic heterocycles. The molecule has 0 aromatic heterocycles. The highest BCUT2D eigenvalue weighted by molar-refractivity contribution is 5.87. The van der Waals surface area contributed by atoms with Crippen LogP contribution in [0.1, 0.15) is 55.5 Å². The van der Waals surface area contributed by atoms with Crippen LogP contribution in [0.3, 0.4) is 0 Å². The van der Waals surface area contributed by atoms with Gasteiger partial charge in [0.1, 0.15) is 5.60 Å². The van der Waals surface area contributed by atoms with Gasteiger partial charge in [-0.1, -0.05) is 12.1 Å². The van der Waals surface area contributed by atoms with Gasteiger partial charge in [0, 0.05) is 25.6 Å². The summed E-state index contributed by atoms with van der Waals surface area (Å²) in [6.45, 7) is 7.42. The van der Waals surface area contributed by atoms with E-state index in [0.29, 0.717) is 13.2 Å². The summed E-state index contributed by atoms with van der Waals surface area (Å²) < 4.78 is 5.57. The number of aromatic carboxylic acids is 1. The first-order chi connectivity index (χ1) is 10.8. The molecule has 1 aromatic carbocycles. The molecule has 0 saturated carbocycles. The van der Waals surface area contributed by atoms with Gasteiger partial charge < -0.3 is 14.7 Å². The van der Waals surface area contributed by atoms with Gasteiger partial charge in [0.25, 0.3) is 5.91 Å². The first-order valence-corrected chi connectivity index (χ1v) is 8.11. The van der Waals surface area contributed by atoms with Crippen LogP contribution in [0.25, 0.3) is 0 Å². The van der Waals surface area contributed by atoms with Crippen LogP contribution in [-0.4, -0.2) is 47.2 Å². The molecule has 1 aliphatic rings. The minimum atomic E-state index is -0.921. The Bertz CT molecular complexity index is 565. The summed E-state index contributed by atoms with van der Waals surface area (Å²) in [7, 11) is 0. The SMILES string of the molecule is CCOC(C)(C)C(=O)N1CCC[C@H](c2ccc(C(=O)O)cc2)C1. The largest absolute Gasteiger partial charge is 0.478 e. The van der Waals surface area contributed by atoms with Gasteiger partial charge in [-0.05, 0) is 51.3 Å². The third-order valence-corrected chi connectivity index (χ3v) is 4.36. The first kappa shape index (κ1) is 17.5. The predicted molar refractivity (Wildman–Crippen MR) is 87.7 cm³/mol. The lowest BCUT2D eigenvalue weighted by molar-refractivity contribution is -0.155. The van der Waals surface area contributed by atoms with Crippen molar-refractivity contribution in [1.82, 2.24) is 4.90 Å². The molecular weight excluding hydrogens is 294 g/mol. The number of amides is 1. The molecule has 1 saturated heterocycles. The molecule has 1 heterocycles. The molecule has 1 N–H and O–H groups in total.